The molecule has 3 rings (SSSR count). The minimum Gasteiger partial charge on any atom is -0.322 e. The SMILES string of the molecule is O=C(Nc1ccc(S(=O)(=O)Nc2ccc(Cl)cc2)cc1)c1ccccc1Cl. The Kier molecular flexibility index (Phi) is 5.70. The van der Waals surface area contributed by atoms with E-state index in [1.54, 1.807) is 48.5 Å². The third-order valence-corrected chi connectivity index (χ3v) is 5.62. The number of benzene rings is 3. The second kappa shape index (κ2) is 8.00. The van der Waals surface area contributed by atoms with Gasteiger partial charge in [0, 0.05) is 16.4 Å². The van der Waals surface area contributed by atoms with Crippen LogP contribution < -0.4 is 10.0 Å². The molecule has 0 atom stereocenters. The van der Waals surface area contributed by atoms with Crippen LogP contribution in [0.15, 0.2) is 77.7 Å². The quantitative estimate of drug-likeness (QED) is 0.606. The molecule has 0 saturated carbocycles. The predicted octanol–water partition coefficient (Wildman–Crippen LogP) is 5.05. The first kappa shape index (κ1) is 19.2. The van der Waals surface area contributed by atoms with Gasteiger partial charge in [-0.15, -0.1) is 0 Å². The van der Waals surface area contributed by atoms with E-state index in [0.717, 1.165) is 0 Å². The highest BCUT2D eigenvalue weighted by Gasteiger charge is 2.15. The van der Waals surface area contributed by atoms with Crippen molar-refractivity contribution >= 4 is 50.5 Å². The monoisotopic (exact) mass is 420 g/mol. The van der Waals surface area contributed by atoms with E-state index in [0.29, 0.717) is 27.0 Å². The van der Waals surface area contributed by atoms with Crippen molar-refractivity contribution in [2.75, 3.05) is 10.0 Å². The number of carbonyl (C=O) groups excluding carboxylic acids is 1. The number of carbonyl (C=O) groups is 1. The van der Waals surface area contributed by atoms with E-state index in [9.17, 15) is 13.2 Å². The third-order valence-electron chi connectivity index (χ3n) is 3.64. The molecule has 0 bridgehead atoms. The Morgan fingerprint density at radius 2 is 1.37 bits per heavy atom. The van der Waals surface area contributed by atoms with Crippen LogP contribution in [0.25, 0.3) is 0 Å². The topological polar surface area (TPSA) is 75.3 Å². The minimum absolute atomic E-state index is 0.0631. The van der Waals surface area contributed by atoms with Crippen LogP contribution in [0.5, 0.6) is 0 Å². The summed E-state index contributed by atoms with van der Waals surface area (Å²) in [6.45, 7) is 0. The van der Waals surface area contributed by atoms with E-state index >= 15 is 0 Å². The van der Waals surface area contributed by atoms with Crippen molar-refractivity contribution in [2.24, 2.45) is 0 Å². The van der Waals surface area contributed by atoms with Crippen LogP contribution >= 0.6 is 23.2 Å². The maximum absolute atomic E-state index is 12.4. The molecule has 138 valence electrons. The molecule has 0 aliphatic heterocycles. The average Bonchev–Trinajstić information content (AvgIpc) is 2.64. The molecule has 0 aliphatic rings. The van der Waals surface area contributed by atoms with E-state index in [4.69, 9.17) is 23.2 Å². The second-order valence-corrected chi connectivity index (χ2v) is 8.10. The Labute approximate surface area is 167 Å². The molecule has 2 N–H and O–H groups in total. The molecule has 8 heteroatoms. The number of amides is 1. The van der Waals surface area contributed by atoms with Crippen LogP contribution in [-0.2, 0) is 10.0 Å². The highest BCUT2D eigenvalue weighted by molar-refractivity contribution is 7.92. The predicted molar refractivity (Wildman–Crippen MR) is 108 cm³/mol. The fourth-order valence-corrected chi connectivity index (χ4v) is 3.70. The number of rotatable bonds is 5. The lowest BCUT2D eigenvalue weighted by Gasteiger charge is -2.10. The molecule has 0 unspecified atom stereocenters. The fraction of sp³-hybridized carbons (Fsp3) is 0. The Morgan fingerprint density at radius 3 is 2.00 bits per heavy atom. The molecule has 0 spiro atoms. The Morgan fingerprint density at radius 1 is 0.778 bits per heavy atom. The van der Waals surface area contributed by atoms with Crippen molar-refractivity contribution in [3.05, 3.63) is 88.4 Å². The highest BCUT2D eigenvalue weighted by atomic mass is 35.5. The zero-order chi connectivity index (χ0) is 19.4. The lowest BCUT2D eigenvalue weighted by Crippen LogP contribution is -2.14. The molecular formula is C19H14Cl2N2O3S. The van der Waals surface area contributed by atoms with E-state index in [2.05, 4.69) is 10.0 Å². The molecule has 3 aromatic rings. The standard InChI is InChI=1S/C19H14Cl2N2O3S/c20-13-5-7-15(8-6-13)23-27(25,26)16-11-9-14(10-12-16)22-19(24)17-3-1-2-4-18(17)21/h1-12,23H,(H,22,24). The summed E-state index contributed by atoms with van der Waals surface area (Å²) >= 11 is 11.8. The molecule has 5 nitrogen and oxygen atoms in total. The first-order valence-electron chi connectivity index (χ1n) is 7.79. The summed E-state index contributed by atoms with van der Waals surface area (Å²) in [5.74, 6) is -0.379. The summed E-state index contributed by atoms with van der Waals surface area (Å²) in [5, 5.41) is 3.53. The Balaban J connectivity index is 1.73. The first-order chi connectivity index (χ1) is 12.8. The number of hydrogen-bond donors (Lipinski definition) is 2. The maximum atomic E-state index is 12.4. The zero-order valence-corrected chi connectivity index (χ0v) is 16.1. The van der Waals surface area contributed by atoms with Crippen LogP contribution in [-0.4, -0.2) is 14.3 Å². The molecule has 3 aromatic carbocycles. The number of nitrogens with one attached hydrogen (secondary N) is 2. The van der Waals surface area contributed by atoms with Crippen LogP contribution in [0.2, 0.25) is 10.0 Å². The summed E-state index contributed by atoms with van der Waals surface area (Å²) in [5.41, 5.74) is 1.18. The zero-order valence-electron chi connectivity index (χ0n) is 13.8. The molecule has 27 heavy (non-hydrogen) atoms. The van der Waals surface area contributed by atoms with Gasteiger partial charge in [-0.25, -0.2) is 8.42 Å². The van der Waals surface area contributed by atoms with Gasteiger partial charge in [0.1, 0.15) is 0 Å². The van der Waals surface area contributed by atoms with Crippen molar-refractivity contribution in [3.8, 4) is 0 Å². The lowest BCUT2D eigenvalue weighted by molar-refractivity contribution is 0.102. The van der Waals surface area contributed by atoms with Crippen LogP contribution in [0.1, 0.15) is 10.4 Å². The van der Waals surface area contributed by atoms with Gasteiger partial charge in [-0.05, 0) is 60.7 Å². The van der Waals surface area contributed by atoms with Crippen molar-refractivity contribution in [1.29, 1.82) is 0 Å². The summed E-state index contributed by atoms with van der Waals surface area (Å²) in [6, 6.07) is 18.8. The van der Waals surface area contributed by atoms with Crippen LogP contribution in [0.4, 0.5) is 11.4 Å². The minimum atomic E-state index is -3.76. The van der Waals surface area contributed by atoms with Gasteiger partial charge in [-0.3, -0.25) is 9.52 Å². The largest absolute Gasteiger partial charge is 0.322 e. The summed E-state index contributed by atoms with van der Waals surface area (Å²) in [7, 11) is -3.76. The number of sulfonamides is 1. The van der Waals surface area contributed by atoms with Crippen molar-refractivity contribution in [1.82, 2.24) is 0 Å². The van der Waals surface area contributed by atoms with Gasteiger partial charge >= 0.3 is 0 Å². The maximum Gasteiger partial charge on any atom is 0.261 e. The van der Waals surface area contributed by atoms with Gasteiger partial charge in [0.05, 0.1) is 15.5 Å². The van der Waals surface area contributed by atoms with E-state index in [-0.39, 0.29) is 10.8 Å². The summed E-state index contributed by atoms with van der Waals surface area (Å²) in [4.78, 5) is 12.3. The highest BCUT2D eigenvalue weighted by Crippen LogP contribution is 2.21. The number of halogens is 2. The van der Waals surface area contributed by atoms with Crippen molar-refractivity contribution in [3.63, 3.8) is 0 Å². The van der Waals surface area contributed by atoms with Crippen molar-refractivity contribution in [2.45, 2.75) is 4.90 Å². The molecule has 0 heterocycles. The lowest BCUT2D eigenvalue weighted by atomic mass is 10.2. The average molecular weight is 421 g/mol. The van der Waals surface area contributed by atoms with Gasteiger partial charge in [0.25, 0.3) is 15.9 Å². The molecule has 0 fully saturated rings. The summed E-state index contributed by atoms with van der Waals surface area (Å²) < 4.78 is 27.3. The normalized spacial score (nSPS) is 11.0. The van der Waals surface area contributed by atoms with Crippen LogP contribution in [0, 0.1) is 0 Å². The Hall–Kier alpha value is -2.54. The van der Waals surface area contributed by atoms with Gasteiger partial charge in [0.2, 0.25) is 0 Å². The van der Waals surface area contributed by atoms with Gasteiger partial charge in [-0.1, -0.05) is 35.3 Å². The number of anilines is 2. The van der Waals surface area contributed by atoms with E-state index < -0.39 is 10.0 Å². The van der Waals surface area contributed by atoms with Crippen molar-refractivity contribution < 1.29 is 13.2 Å². The van der Waals surface area contributed by atoms with E-state index in [1.165, 1.54) is 24.3 Å². The van der Waals surface area contributed by atoms with Gasteiger partial charge in [0.15, 0.2) is 0 Å². The number of hydrogen-bond acceptors (Lipinski definition) is 3. The van der Waals surface area contributed by atoms with Crippen LogP contribution in [0.3, 0.4) is 0 Å². The molecule has 0 aromatic heterocycles. The summed E-state index contributed by atoms with van der Waals surface area (Å²) in [6.07, 6.45) is 0. The first-order valence-corrected chi connectivity index (χ1v) is 10.0. The molecule has 1 amide bonds. The smallest absolute Gasteiger partial charge is 0.261 e. The van der Waals surface area contributed by atoms with Gasteiger partial charge < -0.3 is 5.32 Å². The fourth-order valence-electron chi connectivity index (χ4n) is 2.29. The van der Waals surface area contributed by atoms with Gasteiger partial charge in [-0.2, -0.15) is 0 Å². The third kappa shape index (κ3) is 4.80. The Bertz CT molecular complexity index is 1070. The molecular weight excluding hydrogens is 407 g/mol. The molecule has 0 aliphatic carbocycles. The molecule has 0 radical (unpaired) electrons. The van der Waals surface area contributed by atoms with E-state index in [1.807, 2.05) is 0 Å². The molecule has 0 saturated heterocycles. The second-order valence-electron chi connectivity index (χ2n) is 5.57.